The number of Topliss-reactive ketones (excluding diaryl/α,β-unsaturated/α-hetero) is 1. The Hall–Kier alpha value is -1.69. The van der Waals surface area contributed by atoms with E-state index in [0.717, 1.165) is 16.4 Å². The van der Waals surface area contributed by atoms with Crippen molar-refractivity contribution >= 4 is 23.5 Å². The first-order chi connectivity index (χ1) is 10.2. The fourth-order valence-electron chi connectivity index (χ4n) is 2.36. The van der Waals surface area contributed by atoms with Crippen LogP contribution in [0.1, 0.15) is 12.8 Å². The molecule has 2 aliphatic heterocycles. The number of carbonyl (C=O) groups excluding carboxylic acids is 2. The Bertz CT molecular complexity index is 551. The molecule has 1 aromatic rings. The quantitative estimate of drug-likeness (QED) is 0.796. The van der Waals surface area contributed by atoms with Crippen LogP contribution in [0.25, 0.3) is 0 Å². The smallest absolute Gasteiger partial charge is 0.232 e. The molecule has 0 saturated carbocycles. The van der Waals surface area contributed by atoms with E-state index in [-0.39, 0.29) is 11.7 Å². The molecule has 0 aliphatic carbocycles. The minimum absolute atomic E-state index is 0.0855. The number of rotatable bonds is 3. The van der Waals surface area contributed by atoms with Gasteiger partial charge in [-0.25, -0.2) is 0 Å². The van der Waals surface area contributed by atoms with Gasteiger partial charge in [0.25, 0.3) is 0 Å². The first-order valence-electron chi connectivity index (χ1n) is 7.04. The van der Waals surface area contributed by atoms with Crippen LogP contribution >= 0.6 is 11.8 Å². The largest absolute Gasteiger partial charge is 0.486 e. The van der Waals surface area contributed by atoms with E-state index in [9.17, 15) is 9.59 Å². The monoisotopic (exact) mass is 307 g/mol. The van der Waals surface area contributed by atoms with Gasteiger partial charge in [0.2, 0.25) is 5.91 Å². The van der Waals surface area contributed by atoms with Gasteiger partial charge in [-0.1, -0.05) is 0 Å². The Morgan fingerprint density at radius 1 is 1.14 bits per heavy atom. The normalized spacial score (nSPS) is 17.7. The highest BCUT2D eigenvalue weighted by atomic mass is 32.2. The van der Waals surface area contributed by atoms with E-state index in [1.807, 2.05) is 18.2 Å². The van der Waals surface area contributed by atoms with Gasteiger partial charge >= 0.3 is 0 Å². The maximum atomic E-state index is 12.1. The highest BCUT2D eigenvalue weighted by molar-refractivity contribution is 8.00. The predicted molar refractivity (Wildman–Crippen MR) is 79.0 cm³/mol. The van der Waals surface area contributed by atoms with Gasteiger partial charge in [0.1, 0.15) is 19.0 Å². The number of likely N-dealkylation sites (tertiary alicyclic amines) is 1. The Balaban J connectivity index is 1.55. The summed E-state index contributed by atoms with van der Waals surface area (Å²) in [4.78, 5) is 26.0. The minimum Gasteiger partial charge on any atom is -0.486 e. The van der Waals surface area contributed by atoms with Gasteiger partial charge < -0.3 is 14.4 Å². The first kappa shape index (κ1) is 14.3. The maximum Gasteiger partial charge on any atom is 0.232 e. The van der Waals surface area contributed by atoms with Gasteiger partial charge in [-0.2, -0.15) is 0 Å². The van der Waals surface area contributed by atoms with Crippen molar-refractivity contribution in [1.29, 1.82) is 0 Å². The second-order valence-corrected chi connectivity index (χ2v) is 6.06. The molecule has 0 radical (unpaired) electrons. The molecule has 2 heterocycles. The summed E-state index contributed by atoms with van der Waals surface area (Å²) in [5.41, 5.74) is 0. The summed E-state index contributed by atoms with van der Waals surface area (Å²) in [5.74, 6) is 2.21. The standard InChI is InChI=1S/C15H17NO4S/c17-11-3-5-16(6-4-11)15(18)10-21-12-1-2-13-14(9-12)20-8-7-19-13/h1-2,9H,3-8,10H2. The van der Waals surface area contributed by atoms with E-state index in [1.54, 1.807) is 4.90 Å². The number of benzene rings is 1. The van der Waals surface area contributed by atoms with Crippen molar-refractivity contribution < 1.29 is 19.1 Å². The molecule has 5 nitrogen and oxygen atoms in total. The lowest BCUT2D eigenvalue weighted by Crippen LogP contribution is -2.39. The predicted octanol–water partition coefficient (Wildman–Crippen LogP) is 1.74. The molecular weight excluding hydrogens is 290 g/mol. The molecule has 3 rings (SSSR count). The van der Waals surface area contributed by atoms with E-state index < -0.39 is 0 Å². The number of ketones is 1. The number of thioether (sulfide) groups is 1. The molecule has 1 saturated heterocycles. The zero-order valence-corrected chi connectivity index (χ0v) is 12.5. The van der Waals surface area contributed by atoms with Crippen LogP contribution < -0.4 is 9.47 Å². The molecule has 1 aromatic carbocycles. The minimum atomic E-state index is 0.0855. The van der Waals surface area contributed by atoms with Crippen LogP contribution in [0, 0.1) is 0 Å². The number of carbonyl (C=O) groups is 2. The molecule has 0 spiro atoms. The molecule has 0 unspecified atom stereocenters. The highest BCUT2D eigenvalue weighted by Gasteiger charge is 2.21. The Morgan fingerprint density at radius 3 is 2.62 bits per heavy atom. The SMILES string of the molecule is O=C1CCN(C(=O)CSc2ccc3c(c2)OCCO3)CC1. The number of amides is 1. The summed E-state index contributed by atoms with van der Waals surface area (Å²) in [6.45, 7) is 2.24. The van der Waals surface area contributed by atoms with Crippen LogP contribution in [0.3, 0.4) is 0 Å². The molecule has 1 amide bonds. The summed E-state index contributed by atoms with van der Waals surface area (Å²) in [6.07, 6.45) is 0.973. The number of nitrogens with zero attached hydrogens (tertiary/aromatic N) is 1. The van der Waals surface area contributed by atoms with Crippen molar-refractivity contribution in [3.8, 4) is 11.5 Å². The molecule has 0 bridgehead atoms. The topological polar surface area (TPSA) is 55.8 Å². The average Bonchev–Trinajstić information content (AvgIpc) is 2.53. The Morgan fingerprint density at radius 2 is 1.86 bits per heavy atom. The molecule has 0 aromatic heterocycles. The average molecular weight is 307 g/mol. The third-order valence-electron chi connectivity index (χ3n) is 3.55. The molecule has 2 aliphatic rings. The van der Waals surface area contributed by atoms with Crippen LogP contribution in [0.5, 0.6) is 11.5 Å². The number of ether oxygens (including phenoxy) is 2. The lowest BCUT2D eigenvalue weighted by atomic mass is 10.1. The van der Waals surface area contributed by atoms with Crippen LogP contribution in [0.4, 0.5) is 0 Å². The molecule has 6 heteroatoms. The van der Waals surface area contributed by atoms with Crippen molar-refractivity contribution in [2.45, 2.75) is 17.7 Å². The van der Waals surface area contributed by atoms with E-state index in [4.69, 9.17) is 9.47 Å². The van der Waals surface area contributed by atoms with Crippen molar-refractivity contribution in [3.63, 3.8) is 0 Å². The fourth-order valence-corrected chi connectivity index (χ4v) is 3.18. The summed E-state index contributed by atoms with van der Waals surface area (Å²) >= 11 is 1.48. The maximum absolute atomic E-state index is 12.1. The van der Waals surface area contributed by atoms with E-state index >= 15 is 0 Å². The molecular formula is C15H17NO4S. The summed E-state index contributed by atoms with van der Waals surface area (Å²) in [5, 5.41) is 0. The van der Waals surface area contributed by atoms with Gasteiger partial charge in [-0.15, -0.1) is 11.8 Å². The van der Waals surface area contributed by atoms with Crippen LogP contribution in [0.2, 0.25) is 0 Å². The van der Waals surface area contributed by atoms with Gasteiger partial charge in [-0.05, 0) is 18.2 Å². The molecule has 0 atom stereocenters. The van der Waals surface area contributed by atoms with Crippen molar-refractivity contribution in [2.75, 3.05) is 32.1 Å². The van der Waals surface area contributed by atoms with E-state index in [1.165, 1.54) is 11.8 Å². The number of hydrogen-bond acceptors (Lipinski definition) is 5. The van der Waals surface area contributed by atoms with Crippen molar-refractivity contribution in [3.05, 3.63) is 18.2 Å². The second-order valence-electron chi connectivity index (χ2n) is 5.01. The molecule has 1 fully saturated rings. The first-order valence-corrected chi connectivity index (χ1v) is 8.03. The van der Waals surface area contributed by atoms with Gasteiger partial charge in [-0.3, -0.25) is 9.59 Å². The Labute approximate surface area is 127 Å². The Kier molecular flexibility index (Phi) is 4.34. The van der Waals surface area contributed by atoms with E-state index in [0.29, 0.717) is 44.9 Å². The number of piperidine rings is 1. The zero-order valence-electron chi connectivity index (χ0n) is 11.7. The summed E-state index contributed by atoms with van der Waals surface area (Å²) in [6, 6.07) is 5.72. The third-order valence-corrected chi connectivity index (χ3v) is 4.53. The second kappa shape index (κ2) is 6.39. The molecule has 21 heavy (non-hydrogen) atoms. The third kappa shape index (κ3) is 3.50. The van der Waals surface area contributed by atoms with Crippen LogP contribution in [-0.4, -0.2) is 48.6 Å². The van der Waals surface area contributed by atoms with Crippen LogP contribution in [-0.2, 0) is 9.59 Å². The van der Waals surface area contributed by atoms with Gasteiger partial charge in [0.15, 0.2) is 11.5 Å². The summed E-state index contributed by atoms with van der Waals surface area (Å²) < 4.78 is 11.0. The van der Waals surface area contributed by atoms with Crippen molar-refractivity contribution in [1.82, 2.24) is 4.90 Å². The highest BCUT2D eigenvalue weighted by Crippen LogP contribution is 2.34. The molecule has 0 N–H and O–H groups in total. The number of fused-ring (bicyclic) bond motifs is 1. The van der Waals surface area contributed by atoms with Gasteiger partial charge in [0, 0.05) is 30.8 Å². The van der Waals surface area contributed by atoms with Crippen molar-refractivity contribution in [2.24, 2.45) is 0 Å². The zero-order chi connectivity index (χ0) is 14.7. The molecule has 112 valence electrons. The van der Waals surface area contributed by atoms with Crippen LogP contribution in [0.15, 0.2) is 23.1 Å². The lowest BCUT2D eigenvalue weighted by molar-refractivity contribution is -0.132. The number of hydrogen-bond donors (Lipinski definition) is 0. The lowest BCUT2D eigenvalue weighted by Gasteiger charge is -2.26. The van der Waals surface area contributed by atoms with Gasteiger partial charge in [0.05, 0.1) is 5.75 Å². The summed E-state index contributed by atoms with van der Waals surface area (Å²) in [7, 11) is 0. The fraction of sp³-hybridized carbons (Fsp3) is 0.467. The van der Waals surface area contributed by atoms with E-state index in [2.05, 4.69) is 0 Å².